The van der Waals surface area contributed by atoms with E-state index in [-0.39, 0.29) is 18.1 Å². The van der Waals surface area contributed by atoms with Crippen LogP contribution in [0.2, 0.25) is 0 Å². The Bertz CT molecular complexity index is 1030. The molecular formula is C20H23N5O3. The first kappa shape index (κ1) is 18.1. The highest BCUT2D eigenvalue weighted by Crippen LogP contribution is 2.28. The van der Waals surface area contributed by atoms with Crippen LogP contribution in [0, 0.1) is 0 Å². The highest BCUT2D eigenvalue weighted by atomic mass is 16.5. The van der Waals surface area contributed by atoms with Gasteiger partial charge < -0.3 is 14.5 Å². The maximum absolute atomic E-state index is 12.7. The monoisotopic (exact) mass is 381 g/mol. The summed E-state index contributed by atoms with van der Waals surface area (Å²) < 4.78 is 8.39. The molecule has 28 heavy (non-hydrogen) atoms. The first-order valence-corrected chi connectivity index (χ1v) is 9.46. The van der Waals surface area contributed by atoms with Gasteiger partial charge in [-0.15, -0.1) is 5.10 Å². The van der Waals surface area contributed by atoms with E-state index < -0.39 is 0 Å². The van der Waals surface area contributed by atoms with Gasteiger partial charge in [0.25, 0.3) is 0 Å². The van der Waals surface area contributed by atoms with Gasteiger partial charge in [-0.2, -0.15) is 0 Å². The molecule has 0 spiro atoms. The molecule has 146 valence electrons. The summed E-state index contributed by atoms with van der Waals surface area (Å²) in [6.45, 7) is 5.17. The van der Waals surface area contributed by atoms with Crippen molar-refractivity contribution in [3.63, 3.8) is 0 Å². The number of piperazine rings is 1. The molecule has 1 aliphatic heterocycles. The van der Waals surface area contributed by atoms with Crippen LogP contribution in [-0.4, -0.2) is 57.8 Å². The number of fused-ring (bicyclic) bond motifs is 1. The summed E-state index contributed by atoms with van der Waals surface area (Å²) in [6.07, 6.45) is 1.65. The Morgan fingerprint density at radius 1 is 1.07 bits per heavy atom. The van der Waals surface area contributed by atoms with Crippen LogP contribution in [-0.2, 0) is 11.3 Å². The number of pyridine rings is 1. The number of para-hydroxylation sites is 2. The molecule has 0 aliphatic carbocycles. The molecule has 8 heteroatoms. The van der Waals surface area contributed by atoms with Crippen molar-refractivity contribution in [3.8, 4) is 5.75 Å². The maximum atomic E-state index is 12.7. The van der Waals surface area contributed by atoms with E-state index in [0.717, 1.165) is 24.5 Å². The standard InChI is InChI=1S/C20H23N5O3/c1-2-28-17-8-4-3-7-16(17)22-11-13-23(14-12-22)19(26)15-25-20(27)24-10-6-5-9-18(24)21-25/h3-10H,2,11-15H2,1H3. The molecule has 4 rings (SSSR count). The van der Waals surface area contributed by atoms with E-state index >= 15 is 0 Å². The van der Waals surface area contributed by atoms with Crippen LogP contribution in [0.4, 0.5) is 5.69 Å². The van der Waals surface area contributed by atoms with Gasteiger partial charge in [-0.25, -0.2) is 9.48 Å². The Kier molecular flexibility index (Phi) is 5.01. The lowest BCUT2D eigenvalue weighted by atomic mass is 10.2. The average molecular weight is 381 g/mol. The first-order chi connectivity index (χ1) is 13.7. The van der Waals surface area contributed by atoms with E-state index in [1.807, 2.05) is 37.3 Å². The summed E-state index contributed by atoms with van der Waals surface area (Å²) in [6, 6.07) is 13.3. The Morgan fingerprint density at radius 3 is 2.57 bits per heavy atom. The number of carbonyl (C=O) groups excluding carboxylic acids is 1. The van der Waals surface area contributed by atoms with E-state index in [1.54, 1.807) is 23.2 Å². The Balaban J connectivity index is 1.41. The van der Waals surface area contributed by atoms with Gasteiger partial charge in [-0.3, -0.25) is 9.20 Å². The van der Waals surface area contributed by atoms with Crippen molar-refractivity contribution < 1.29 is 9.53 Å². The minimum absolute atomic E-state index is 0.0456. The molecule has 1 amide bonds. The lowest BCUT2D eigenvalue weighted by Crippen LogP contribution is -2.50. The zero-order chi connectivity index (χ0) is 19.5. The topological polar surface area (TPSA) is 72.1 Å². The van der Waals surface area contributed by atoms with Crippen LogP contribution >= 0.6 is 0 Å². The van der Waals surface area contributed by atoms with E-state index in [1.165, 1.54) is 9.08 Å². The summed E-state index contributed by atoms with van der Waals surface area (Å²) in [4.78, 5) is 29.1. The number of rotatable bonds is 5. The molecule has 0 N–H and O–H groups in total. The number of anilines is 1. The first-order valence-electron chi connectivity index (χ1n) is 9.46. The second kappa shape index (κ2) is 7.75. The molecule has 0 unspecified atom stereocenters. The molecule has 0 atom stereocenters. The molecule has 8 nitrogen and oxygen atoms in total. The van der Waals surface area contributed by atoms with Crippen LogP contribution in [0.25, 0.3) is 5.65 Å². The van der Waals surface area contributed by atoms with Gasteiger partial charge in [0.15, 0.2) is 5.65 Å². The van der Waals surface area contributed by atoms with Crippen molar-refractivity contribution >= 4 is 17.2 Å². The quantitative estimate of drug-likeness (QED) is 0.665. The molecule has 3 heterocycles. The fraction of sp³-hybridized carbons (Fsp3) is 0.350. The highest BCUT2D eigenvalue weighted by Gasteiger charge is 2.24. The lowest BCUT2D eigenvalue weighted by molar-refractivity contribution is -0.132. The van der Waals surface area contributed by atoms with Gasteiger partial charge in [0.2, 0.25) is 5.91 Å². The smallest absolute Gasteiger partial charge is 0.350 e. The Hall–Kier alpha value is -3.29. The van der Waals surface area contributed by atoms with Crippen LogP contribution in [0.1, 0.15) is 6.92 Å². The van der Waals surface area contributed by atoms with Gasteiger partial charge in [0, 0.05) is 32.4 Å². The number of benzene rings is 1. The summed E-state index contributed by atoms with van der Waals surface area (Å²) in [5, 5.41) is 4.23. The zero-order valence-corrected chi connectivity index (χ0v) is 15.8. The number of aromatic nitrogens is 3. The summed E-state index contributed by atoms with van der Waals surface area (Å²) >= 11 is 0. The van der Waals surface area contributed by atoms with Crippen LogP contribution in [0.5, 0.6) is 5.75 Å². The predicted octanol–water partition coefficient (Wildman–Crippen LogP) is 1.24. The van der Waals surface area contributed by atoms with Crippen molar-refractivity contribution in [1.82, 2.24) is 19.1 Å². The van der Waals surface area contributed by atoms with E-state index in [4.69, 9.17) is 4.74 Å². The van der Waals surface area contributed by atoms with Gasteiger partial charge in [0.05, 0.1) is 12.3 Å². The molecule has 1 aliphatic rings. The van der Waals surface area contributed by atoms with Crippen molar-refractivity contribution in [2.45, 2.75) is 13.5 Å². The maximum Gasteiger partial charge on any atom is 0.350 e. The summed E-state index contributed by atoms with van der Waals surface area (Å²) in [5.41, 5.74) is 1.29. The van der Waals surface area contributed by atoms with Gasteiger partial charge in [-0.05, 0) is 31.2 Å². The minimum Gasteiger partial charge on any atom is -0.492 e. The number of carbonyl (C=O) groups is 1. The number of ether oxygens (including phenoxy) is 1. The summed E-state index contributed by atoms with van der Waals surface area (Å²) in [5.74, 6) is 0.768. The molecule has 0 saturated carbocycles. The molecule has 0 bridgehead atoms. The third kappa shape index (κ3) is 3.45. The van der Waals surface area contributed by atoms with Gasteiger partial charge in [0.1, 0.15) is 12.3 Å². The number of amides is 1. The third-order valence-electron chi connectivity index (χ3n) is 4.91. The number of nitrogens with zero attached hydrogens (tertiary/aromatic N) is 5. The lowest BCUT2D eigenvalue weighted by Gasteiger charge is -2.36. The second-order valence-electron chi connectivity index (χ2n) is 6.64. The summed E-state index contributed by atoms with van der Waals surface area (Å²) in [7, 11) is 0. The predicted molar refractivity (Wildman–Crippen MR) is 106 cm³/mol. The van der Waals surface area contributed by atoms with Gasteiger partial charge in [-0.1, -0.05) is 18.2 Å². The Morgan fingerprint density at radius 2 is 1.82 bits per heavy atom. The minimum atomic E-state index is -0.298. The third-order valence-corrected chi connectivity index (χ3v) is 4.91. The van der Waals surface area contributed by atoms with E-state index in [2.05, 4.69) is 10.00 Å². The SMILES string of the molecule is CCOc1ccccc1N1CCN(C(=O)Cn2nc3ccccn3c2=O)CC1. The molecular weight excluding hydrogens is 358 g/mol. The van der Waals surface area contributed by atoms with E-state index in [9.17, 15) is 9.59 Å². The fourth-order valence-corrected chi connectivity index (χ4v) is 3.49. The molecule has 1 saturated heterocycles. The fourth-order valence-electron chi connectivity index (χ4n) is 3.49. The van der Waals surface area contributed by atoms with Crippen molar-refractivity contribution in [2.75, 3.05) is 37.7 Å². The largest absolute Gasteiger partial charge is 0.492 e. The van der Waals surface area contributed by atoms with Crippen molar-refractivity contribution in [3.05, 3.63) is 59.1 Å². The average Bonchev–Trinajstić information content (AvgIpc) is 3.04. The number of hydrogen-bond acceptors (Lipinski definition) is 5. The van der Waals surface area contributed by atoms with Crippen LogP contribution < -0.4 is 15.3 Å². The Labute approximate surface area is 162 Å². The van der Waals surface area contributed by atoms with Crippen LogP contribution in [0.3, 0.4) is 0 Å². The normalized spacial score (nSPS) is 14.5. The van der Waals surface area contributed by atoms with Crippen molar-refractivity contribution in [1.29, 1.82) is 0 Å². The zero-order valence-electron chi connectivity index (χ0n) is 15.8. The molecule has 1 fully saturated rings. The van der Waals surface area contributed by atoms with Crippen LogP contribution in [0.15, 0.2) is 53.5 Å². The number of hydrogen-bond donors (Lipinski definition) is 0. The molecule has 0 radical (unpaired) electrons. The van der Waals surface area contributed by atoms with Gasteiger partial charge >= 0.3 is 5.69 Å². The highest BCUT2D eigenvalue weighted by molar-refractivity contribution is 5.76. The molecule has 3 aromatic rings. The van der Waals surface area contributed by atoms with Crippen molar-refractivity contribution in [2.24, 2.45) is 0 Å². The molecule has 1 aromatic carbocycles. The van der Waals surface area contributed by atoms with E-state index in [0.29, 0.717) is 25.3 Å². The second-order valence-corrected chi connectivity index (χ2v) is 6.64. The molecule has 2 aromatic heterocycles.